The molecule has 0 bridgehead atoms. The van der Waals surface area contributed by atoms with Crippen LogP contribution in [0.5, 0.6) is 0 Å². The molecule has 0 radical (unpaired) electrons. The lowest BCUT2D eigenvalue weighted by atomic mass is 10.1. The van der Waals surface area contributed by atoms with Crippen molar-refractivity contribution in [3.63, 3.8) is 0 Å². The summed E-state index contributed by atoms with van der Waals surface area (Å²) in [6.45, 7) is 4.66. The minimum Gasteiger partial charge on any atom is -0.465 e. The molecule has 2 amide bonds. The first kappa shape index (κ1) is 24.1. The van der Waals surface area contributed by atoms with Crippen molar-refractivity contribution in [1.29, 1.82) is 0 Å². The van der Waals surface area contributed by atoms with Gasteiger partial charge in [-0.1, -0.05) is 22.9 Å². The fraction of sp³-hybridized carbons (Fsp3) is 0.214. The minimum absolute atomic E-state index is 0.165. The van der Waals surface area contributed by atoms with Crippen molar-refractivity contribution in [3.8, 4) is 22.8 Å². The molecular formula is C28H27N5O4. The highest BCUT2D eigenvalue weighted by molar-refractivity contribution is 5.92. The van der Waals surface area contributed by atoms with E-state index in [0.717, 1.165) is 16.8 Å². The number of anilines is 2. The molecule has 1 N–H and O–H groups in total. The maximum atomic E-state index is 12.7. The molecule has 1 fully saturated rings. The van der Waals surface area contributed by atoms with Crippen LogP contribution in [0.2, 0.25) is 0 Å². The van der Waals surface area contributed by atoms with Gasteiger partial charge in [0.2, 0.25) is 5.82 Å². The van der Waals surface area contributed by atoms with Gasteiger partial charge in [0.25, 0.3) is 5.89 Å². The Labute approximate surface area is 214 Å². The molecule has 9 heteroatoms. The van der Waals surface area contributed by atoms with Crippen LogP contribution in [0, 0.1) is 6.92 Å². The van der Waals surface area contributed by atoms with Crippen LogP contribution >= 0.6 is 0 Å². The second kappa shape index (κ2) is 10.5. The van der Waals surface area contributed by atoms with E-state index in [9.17, 15) is 9.59 Å². The second-order valence-corrected chi connectivity index (χ2v) is 8.81. The van der Waals surface area contributed by atoms with Gasteiger partial charge in [-0.05, 0) is 67.6 Å². The zero-order valence-electron chi connectivity index (χ0n) is 20.7. The van der Waals surface area contributed by atoms with E-state index in [1.807, 2.05) is 55.5 Å². The van der Waals surface area contributed by atoms with E-state index >= 15 is 0 Å². The standard InChI is InChI=1S/C28H27N5O4/c1-19-3-5-21(6-4-19)26-30-25(31-37-26)20-9-13-24(14-10-20)32-15-17-33(18-16-32)28(35)29-23-11-7-22(8-12-23)27(34)36-2/h3-14H,15-18H2,1-2H3,(H,29,35). The molecule has 0 atom stereocenters. The number of piperazine rings is 1. The van der Waals surface area contributed by atoms with Crippen LogP contribution in [-0.2, 0) is 4.74 Å². The number of esters is 1. The van der Waals surface area contributed by atoms with Gasteiger partial charge in [-0.15, -0.1) is 0 Å². The number of rotatable bonds is 5. The number of aromatic nitrogens is 2. The molecule has 5 rings (SSSR count). The van der Waals surface area contributed by atoms with Crippen LogP contribution in [0.15, 0.2) is 77.3 Å². The molecular weight excluding hydrogens is 470 g/mol. The van der Waals surface area contributed by atoms with Gasteiger partial charge in [0, 0.05) is 48.7 Å². The Kier molecular flexibility index (Phi) is 6.85. The van der Waals surface area contributed by atoms with E-state index in [-0.39, 0.29) is 6.03 Å². The first-order valence-corrected chi connectivity index (χ1v) is 12.0. The van der Waals surface area contributed by atoms with E-state index in [0.29, 0.717) is 49.1 Å². The highest BCUT2D eigenvalue weighted by Gasteiger charge is 2.22. The number of carbonyl (C=O) groups is 2. The third-order valence-electron chi connectivity index (χ3n) is 6.34. The monoisotopic (exact) mass is 497 g/mol. The summed E-state index contributed by atoms with van der Waals surface area (Å²) in [5.74, 6) is 0.627. The number of nitrogens with one attached hydrogen (secondary N) is 1. The van der Waals surface area contributed by atoms with Crippen molar-refractivity contribution in [3.05, 3.63) is 83.9 Å². The lowest BCUT2D eigenvalue weighted by Crippen LogP contribution is -2.50. The summed E-state index contributed by atoms with van der Waals surface area (Å²) in [7, 11) is 1.34. The molecule has 188 valence electrons. The predicted molar refractivity (Wildman–Crippen MR) is 140 cm³/mol. The van der Waals surface area contributed by atoms with Gasteiger partial charge in [-0.25, -0.2) is 9.59 Å². The summed E-state index contributed by atoms with van der Waals surface area (Å²) < 4.78 is 10.2. The Morgan fingerprint density at radius 1 is 0.865 bits per heavy atom. The van der Waals surface area contributed by atoms with Gasteiger partial charge >= 0.3 is 12.0 Å². The predicted octanol–water partition coefficient (Wildman–Crippen LogP) is 4.85. The molecule has 3 aromatic carbocycles. The van der Waals surface area contributed by atoms with Crippen LogP contribution in [0.1, 0.15) is 15.9 Å². The van der Waals surface area contributed by atoms with Crippen LogP contribution < -0.4 is 10.2 Å². The molecule has 0 aliphatic carbocycles. The maximum Gasteiger partial charge on any atom is 0.337 e. The van der Waals surface area contributed by atoms with Crippen molar-refractivity contribution in [1.82, 2.24) is 15.0 Å². The van der Waals surface area contributed by atoms with E-state index in [1.54, 1.807) is 29.2 Å². The summed E-state index contributed by atoms with van der Waals surface area (Å²) >= 11 is 0. The van der Waals surface area contributed by atoms with Gasteiger partial charge in [0.1, 0.15) is 0 Å². The molecule has 1 aliphatic rings. The van der Waals surface area contributed by atoms with E-state index in [1.165, 1.54) is 12.7 Å². The quantitative estimate of drug-likeness (QED) is 0.393. The average molecular weight is 498 g/mol. The van der Waals surface area contributed by atoms with Crippen molar-refractivity contribution < 1.29 is 18.8 Å². The Morgan fingerprint density at radius 2 is 1.51 bits per heavy atom. The number of aryl methyl sites for hydroxylation is 1. The zero-order chi connectivity index (χ0) is 25.8. The number of hydrogen-bond donors (Lipinski definition) is 1. The Hall–Kier alpha value is -4.66. The van der Waals surface area contributed by atoms with Crippen LogP contribution in [0.4, 0.5) is 16.2 Å². The molecule has 9 nitrogen and oxygen atoms in total. The molecule has 0 saturated carbocycles. The first-order chi connectivity index (χ1) is 18.0. The molecule has 1 saturated heterocycles. The van der Waals surface area contributed by atoms with Crippen molar-refractivity contribution in [2.24, 2.45) is 0 Å². The van der Waals surface area contributed by atoms with E-state index in [4.69, 9.17) is 9.26 Å². The van der Waals surface area contributed by atoms with Gasteiger partial charge in [-0.2, -0.15) is 4.98 Å². The number of methoxy groups -OCH3 is 1. The zero-order valence-corrected chi connectivity index (χ0v) is 20.7. The highest BCUT2D eigenvalue weighted by atomic mass is 16.5. The van der Waals surface area contributed by atoms with Crippen LogP contribution in [0.25, 0.3) is 22.8 Å². The molecule has 0 unspecified atom stereocenters. The Morgan fingerprint density at radius 3 is 2.16 bits per heavy atom. The number of benzene rings is 3. The van der Waals surface area contributed by atoms with Crippen molar-refractivity contribution >= 4 is 23.4 Å². The third kappa shape index (κ3) is 5.45. The second-order valence-electron chi connectivity index (χ2n) is 8.81. The number of amides is 2. The number of ether oxygens (including phenoxy) is 1. The largest absolute Gasteiger partial charge is 0.465 e. The van der Waals surface area contributed by atoms with Crippen molar-refractivity contribution in [2.75, 3.05) is 43.5 Å². The molecule has 0 spiro atoms. The average Bonchev–Trinajstić information content (AvgIpc) is 3.44. The maximum absolute atomic E-state index is 12.7. The van der Waals surface area contributed by atoms with Crippen LogP contribution in [0.3, 0.4) is 0 Å². The molecule has 37 heavy (non-hydrogen) atoms. The summed E-state index contributed by atoms with van der Waals surface area (Å²) in [4.78, 5) is 32.8. The fourth-order valence-electron chi connectivity index (χ4n) is 4.15. The van der Waals surface area contributed by atoms with Gasteiger partial charge in [0.05, 0.1) is 12.7 Å². The van der Waals surface area contributed by atoms with Crippen LogP contribution in [-0.4, -0.2) is 60.3 Å². The number of urea groups is 1. The summed E-state index contributed by atoms with van der Waals surface area (Å²) in [5, 5.41) is 7.02. The topological polar surface area (TPSA) is 101 Å². The Balaban J connectivity index is 1.15. The number of carbonyl (C=O) groups excluding carboxylic acids is 2. The first-order valence-electron chi connectivity index (χ1n) is 12.0. The molecule has 1 aliphatic heterocycles. The molecule has 4 aromatic rings. The van der Waals surface area contributed by atoms with Gasteiger partial charge in [-0.3, -0.25) is 0 Å². The van der Waals surface area contributed by atoms with E-state index < -0.39 is 5.97 Å². The fourth-order valence-corrected chi connectivity index (χ4v) is 4.15. The van der Waals surface area contributed by atoms with Crippen molar-refractivity contribution in [2.45, 2.75) is 6.92 Å². The number of hydrogen-bond acceptors (Lipinski definition) is 7. The highest BCUT2D eigenvalue weighted by Crippen LogP contribution is 2.25. The summed E-state index contributed by atoms with van der Waals surface area (Å²) in [6, 6.07) is 22.5. The summed E-state index contributed by atoms with van der Waals surface area (Å²) in [5.41, 5.74) is 5.08. The Bertz CT molecular complexity index is 1370. The normalized spacial score (nSPS) is 13.4. The molecule has 1 aromatic heterocycles. The van der Waals surface area contributed by atoms with Gasteiger partial charge < -0.3 is 24.4 Å². The van der Waals surface area contributed by atoms with Gasteiger partial charge in [0.15, 0.2) is 0 Å². The SMILES string of the molecule is COC(=O)c1ccc(NC(=O)N2CCN(c3ccc(-c4noc(-c5ccc(C)cc5)n4)cc3)CC2)cc1. The molecule has 2 heterocycles. The lowest BCUT2D eigenvalue weighted by molar-refractivity contribution is 0.0600. The van der Waals surface area contributed by atoms with E-state index in [2.05, 4.69) is 20.4 Å². The smallest absolute Gasteiger partial charge is 0.337 e. The number of nitrogens with zero attached hydrogens (tertiary/aromatic N) is 4. The third-order valence-corrected chi connectivity index (χ3v) is 6.34. The minimum atomic E-state index is -0.411. The lowest BCUT2D eigenvalue weighted by Gasteiger charge is -2.36. The summed E-state index contributed by atoms with van der Waals surface area (Å²) in [6.07, 6.45) is 0.